The van der Waals surface area contributed by atoms with Crippen LogP contribution in [-0.4, -0.2) is 24.4 Å². The number of halogens is 1. The molecule has 0 saturated carbocycles. The molecule has 0 aliphatic heterocycles. The summed E-state index contributed by atoms with van der Waals surface area (Å²) in [5, 5.41) is 3.02. The summed E-state index contributed by atoms with van der Waals surface area (Å²) in [4.78, 5) is 36.8. The van der Waals surface area contributed by atoms with E-state index in [-0.39, 0.29) is 6.42 Å². The van der Waals surface area contributed by atoms with Crippen molar-refractivity contribution in [3.63, 3.8) is 0 Å². The molecular formula is C19H19FN2O4S. The summed E-state index contributed by atoms with van der Waals surface area (Å²) in [7, 11) is 0. The third-order valence-electron chi connectivity index (χ3n) is 4.27. The van der Waals surface area contributed by atoms with Gasteiger partial charge >= 0.3 is 5.97 Å². The molecule has 3 rings (SSSR count). The van der Waals surface area contributed by atoms with Gasteiger partial charge in [0.1, 0.15) is 10.8 Å². The molecule has 0 radical (unpaired) electrons. The van der Waals surface area contributed by atoms with Gasteiger partial charge in [0.25, 0.3) is 11.8 Å². The number of carbonyl (C=O) groups excluding carboxylic acids is 3. The van der Waals surface area contributed by atoms with Crippen molar-refractivity contribution in [2.45, 2.75) is 32.1 Å². The van der Waals surface area contributed by atoms with Gasteiger partial charge in [0, 0.05) is 4.88 Å². The summed E-state index contributed by atoms with van der Waals surface area (Å²) in [5.74, 6) is -2.22. The van der Waals surface area contributed by atoms with Gasteiger partial charge in [-0.05, 0) is 48.9 Å². The summed E-state index contributed by atoms with van der Waals surface area (Å²) < 4.78 is 18.1. The number of ether oxygens (including phenoxy) is 1. The number of esters is 1. The summed E-state index contributed by atoms with van der Waals surface area (Å²) >= 11 is 1.34. The number of thiophene rings is 1. The van der Waals surface area contributed by atoms with E-state index in [1.54, 1.807) is 6.07 Å². The SMILES string of the molecule is NC(=O)c1c(NC(=O)COC(=O)Cc2cccc(F)c2)sc2c1CCCC2. The van der Waals surface area contributed by atoms with Crippen LogP contribution in [0.2, 0.25) is 0 Å². The lowest BCUT2D eigenvalue weighted by Crippen LogP contribution is -2.23. The fourth-order valence-electron chi connectivity index (χ4n) is 3.09. The lowest BCUT2D eigenvalue weighted by atomic mass is 9.95. The number of amides is 2. The zero-order chi connectivity index (χ0) is 19.4. The smallest absolute Gasteiger partial charge is 0.310 e. The summed E-state index contributed by atoms with van der Waals surface area (Å²) in [6, 6.07) is 5.60. The predicted molar refractivity (Wildman–Crippen MR) is 99.2 cm³/mol. The Morgan fingerprint density at radius 1 is 1.22 bits per heavy atom. The molecule has 2 amide bonds. The Balaban J connectivity index is 1.59. The summed E-state index contributed by atoms with van der Waals surface area (Å²) in [5.41, 5.74) is 7.21. The van der Waals surface area contributed by atoms with Crippen LogP contribution in [-0.2, 0) is 33.6 Å². The summed E-state index contributed by atoms with van der Waals surface area (Å²) in [6.07, 6.45) is 3.51. The molecular weight excluding hydrogens is 371 g/mol. The van der Waals surface area contributed by atoms with E-state index in [2.05, 4.69) is 5.32 Å². The molecule has 1 aliphatic rings. The summed E-state index contributed by atoms with van der Waals surface area (Å²) in [6.45, 7) is -0.491. The zero-order valence-corrected chi connectivity index (χ0v) is 15.4. The van der Waals surface area contributed by atoms with Crippen molar-refractivity contribution in [3.8, 4) is 0 Å². The maximum atomic E-state index is 13.1. The molecule has 27 heavy (non-hydrogen) atoms. The first kappa shape index (κ1) is 19.0. The van der Waals surface area contributed by atoms with E-state index in [0.29, 0.717) is 16.1 Å². The highest BCUT2D eigenvalue weighted by Crippen LogP contribution is 2.37. The third-order valence-corrected chi connectivity index (χ3v) is 5.48. The Bertz CT molecular complexity index is 894. The van der Waals surface area contributed by atoms with Crippen molar-refractivity contribution in [2.75, 3.05) is 11.9 Å². The van der Waals surface area contributed by atoms with Crippen LogP contribution >= 0.6 is 11.3 Å². The van der Waals surface area contributed by atoms with Gasteiger partial charge in [0.2, 0.25) is 0 Å². The fraction of sp³-hybridized carbons (Fsp3) is 0.316. The second-order valence-electron chi connectivity index (χ2n) is 6.29. The van der Waals surface area contributed by atoms with Crippen LogP contribution in [0.25, 0.3) is 0 Å². The average molecular weight is 390 g/mol. The number of hydrogen-bond donors (Lipinski definition) is 2. The van der Waals surface area contributed by atoms with Crippen LogP contribution in [0.4, 0.5) is 9.39 Å². The van der Waals surface area contributed by atoms with Crippen molar-refractivity contribution in [3.05, 3.63) is 51.7 Å². The first-order valence-corrected chi connectivity index (χ1v) is 9.40. The number of benzene rings is 1. The average Bonchev–Trinajstić information content (AvgIpc) is 2.98. The number of hydrogen-bond acceptors (Lipinski definition) is 5. The molecule has 8 heteroatoms. The fourth-order valence-corrected chi connectivity index (χ4v) is 4.40. The number of primary amides is 1. The Labute approximate surface area is 159 Å². The van der Waals surface area contributed by atoms with Gasteiger partial charge in [-0.3, -0.25) is 14.4 Å². The molecule has 1 aromatic carbocycles. The van der Waals surface area contributed by atoms with Crippen molar-refractivity contribution < 1.29 is 23.5 Å². The Hall–Kier alpha value is -2.74. The van der Waals surface area contributed by atoms with E-state index in [0.717, 1.165) is 36.1 Å². The van der Waals surface area contributed by atoms with E-state index >= 15 is 0 Å². The van der Waals surface area contributed by atoms with E-state index < -0.39 is 30.2 Å². The minimum Gasteiger partial charge on any atom is -0.455 e. The van der Waals surface area contributed by atoms with Gasteiger partial charge < -0.3 is 15.8 Å². The molecule has 0 saturated heterocycles. The predicted octanol–water partition coefficient (Wildman–Crippen LogP) is 2.59. The molecule has 142 valence electrons. The highest BCUT2D eigenvalue weighted by atomic mass is 32.1. The molecule has 6 nitrogen and oxygen atoms in total. The highest BCUT2D eigenvalue weighted by molar-refractivity contribution is 7.17. The van der Waals surface area contributed by atoms with Crippen molar-refractivity contribution in [1.29, 1.82) is 0 Å². The number of aryl methyl sites for hydroxylation is 1. The number of anilines is 1. The van der Waals surface area contributed by atoms with Crippen LogP contribution in [0, 0.1) is 5.82 Å². The monoisotopic (exact) mass is 390 g/mol. The first-order chi connectivity index (χ1) is 12.9. The lowest BCUT2D eigenvalue weighted by Gasteiger charge is -2.11. The molecule has 0 fully saturated rings. The number of rotatable bonds is 6. The molecule has 1 aromatic heterocycles. The minimum absolute atomic E-state index is 0.134. The quantitative estimate of drug-likeness (QED) is 0.741. The molecule has 0 bridgehead atoms. The minimum atomic E-state index is -0.642. The van der Waals surface area contributed by atoms with Crippen LogP contribution in [0.15, 0.2) is 24.3 Å². The molecule has 0 spiro atoms. The molecule has 3 N–H and O–H groups in total. The second-order valence-corrected chi connectivity index (χ2v) is 7.40. The van der Waals surface area contributed by atoms with Crippen LogP contribution in [0.1, 0.15) is 39.2 Å². The van der Waals surface area contributed by atoms with Crippen molar-refractivity contribution >= 4 is 34.1 Å². The standard InChI is InChI=1S/C19H19FN2O4S/c20-12-5-3-4-11(8-12)9-16(24)26-10-15(23)22-19-17(18(21)25)13-6-1-2-7-14(13)27-19/h3-5,8H,1-2,6-7,9-10H2,(H2,21,25)(H,22,23). The number of fused-ring (bicyclic) bond motifs is 1. The maximum absolute atomic E-state index is 13.1. The number of carbonyl (C=O) groups is 3. The number of nitrogens with one attached hydrogen (secondary N) is 1. The normalized spacial score (nSPS) is 12.9. The zero-order valence-electron chi connectivity index (χ0n) is 14.5. The van der Waals surface area contributed by atoms with Crippen molar-refractivity contribution in [2.24, 2.45) is 5.73 Å². The van der Waals surface area contributed by atoms with Gasteiger partial charge in [0.05, 0.1) is 12.0 Å². The van der Waals surface area contributed by atoms with Crippen molar-refractivity contribution in [1.82, 2.24) is 0 Å². The van der Waals surface area contributed by atoms with E-state index in [4.69, 9.17) is 10.5 Å². The Kier molecular flexibility index (Phi) is 5.85. The molecule has 2 aromatic rings. The Morgan fingerprint density at radius 3 is 2.74 bits per heavy atom. The topological polar surface area (TPSA) is 98.5 Å². The molecule has 1 aliphatic carbocycles. The van der Waals surface area contributed by atoms with Crippen LogP contribution < -0.4 is 11.1 Å². The third kappa shape index (κ3) is 4.71. The largest absolute Gasteiger partial charge is 0.455 e. The molecule has 0 atom stereocenters. The van der Waals surface area contributed by atoms with E-state index in [1.807, 2.05) is 0 Å². The van der Waals surface area contributed by atoms with Gasteiger partial charge in [-0.15, -0.1) is 11.3 Å². The Morgan fingerprint density at radius 2 is 2.00 bits per heavy atom. The first-order valence-electron chi connectivity index (χ1n) is 8.58. The molecule has 1 heterocycles. The van der Waals surface area contributed by atoms with Crippen LogP contribution in [0.3, 0.4) is 0 Å². The maximum Gasteiger partial charge on any atom is 0.310 e. The van der Waals surface area contributed by atoms with Gasteiger partial charge in [-0.1, -0.05) is 12.1 Å². The highest BCUT2D eigenvalue weighted by Gasteiger charge is 2.25. The van der Waals surface area contributed by atoms with Gasteiger partial charge in [-0.2, -0.15) is 0 Å². The van der Waals surface area contributed by atoms with E-state index in [1.165, 1.54) is 29.5 Å². The molecule has 0 unspecified atom stereocenters. The lowest BCUT2D eigenvalue weighted by molar-refractivity contribution is -0.146. The van der Waals surface area contributed by atoms with Crippen LogP contribution in [0.5, 0.6) is 0 Å². The number of nitrogens with two attached hydrogens (primary N) is 1. The van der Waals surface area contributed by atoms with Gasteiger partial charge in [-0.25, -0.2) is 4.39 Å². The van der Waals surface area contributed by atoms with E-state index in [9.17, 15) is 18.8 Å². The second kappa shape index (κ2) is 8.30. The van der Waals surface area contributed by atoms with Gasteiger partial charge in [0.15, 0.2) is 6.61 Å².